The Labute approximate surface area is 152 Å². The molecule has 2 unspecified atom stereocenters. The molecule has 1 fully saturated rings. The number of aryl methyl sites for hydroxylation is 1. The van der Waals surface area contributed by atoms with Crippen molar-refractivity contribution in [2.75, 3.05) is 13.1 Å². The number of halogens is 1. The second-order valence-corrected chi connectivity index (χ2v) is 7.50. The molecule has 1 aromatic rings. The number of rotatable bonds is 5. The van der Waals surface area contributed by atoms with Crippen LogP contribution in [0.25, 0.3) is 0 Å². The minimum absolute atomic E-state index is 0. The van der Waals surface area contributed by atoms with Crippen LogP contribution in [0.3, 0.4) is 0 Å². The highest BCUT2D eigenvalue weighted by molar-refractivity contribution is 5.85. The standard InChI is InChI=1S/C18H32N4O.ClH/c1-12(2)10-22-15(5)17(14(4)20-22)9-18(23)21-8-6-7-16(11-21)13(3)19;/h12-13,16H,6-11,19H2,1-5H3;1H. The average Bonchev–Trinajstić information content (AvgIpc) is 2.74. The van der Waals surface area contributed by atoms with Gasteiger partial charge in [-0.05, 0) is 45.4 Å². The number of carbonyl (C=O) groups excluding carboxylic acids is 1. The van der Waals surface area contributed by atoms with Crippen LogP contribution in [-0.2, 0) is 17.8 Å². The highest BCUT2D eigenvalue weighted by Crippen LogP contribution is 2.21. The van der Waals surface area contributed by atoms with Crippen molar-refractivity contribution in [2.45, 2.75) is 66.5 Å². The van der Waals surface area contributed by atoms with E-state index in [0.29, 0.717) is 18.3 Å². The van der Waals surface area contributed by atoms with Crippen molar-refractivity contribution in [3.63, 3.8) is 0 Å². The SMILES string of the molecule is Cc1nn(CC(C)C)c(C)c1CC(=O)N1CCCC(C(C)N)C1.Cl. The minimum atomic E-state index is 0. The summed E-state index contributed by atoms with van der Waals surface area (Å²) < 4.78 is 2.05. The number of hydrogen-bond acceptors (Lipinski definition) is 3. The zero-order chi connectivity index (χ0) is 17.1. The van der Waals surface area contributed by atoms with Crippen LogP contribution in [0.15, 0.2) is 0 Å². The molecule has 0 spiro atoms. The van der Waals surface area contributed by atoms with Gasteiger partial charge in [-0.3, -0.25) is 9.48 Å². The van der Waals surface area contributed by atoms with Gasteiger partial charge in [-0.2, -0.15) is 5.10 Å². The number of likely N-dealkylation sites (tertiary alicyclic amines) is 1. The Morgan fingerprint density at radius 3 is 2.58 bits per heavy atom. The first-order valence-electron chi connectivity index (χ1n) is 8.85. The van der Waals surface area contributed by atoms with Crippen molar-refractivity contribution in [1.29, 1.82) is 0 Å². The van der Waals surface area contributed by atoms with Gasteiger partial charge in [-0.15, -0.1) is 12.4 Å². The van der Waals surface area contributed by atoms with Gasteiger partial charge in [0.25, 0.3) is 0 Å². The van der Waals surface area contributed by atoms with E-state index in [1.165, 1.54) is 0 Å². The molecule has 0 aromatic carbocycles. The number of amides is 1. The molecule has 24 heavy (non-hydrogen) atoms. The van der Waals surface area contributed by atoms with Crippen molar-refractivity contribution in [2.24, 2.45) is 17.6 Å². The first-order chi connectivity index (χ1) is 10.8. The van der Waals surface area contributed by atoms with Crippen LogP contribution < -0.4 is 5.73 Å². The third kappa shape index (κ3) is 4.96. The second kappa shape index (κ2) is 8.86. The molecule has 1 aliphatic rings. The third-order valence-electron chi connectivity index (χ3n) is 4.95. The summed E-state index contributed by atoms with van der Waals surface area (Å²) >= 11 is 0. The van der Waals surface area contributed by atoms with E-state index >= 15 is 0 Å². The van der Waals surface area contributed by atoms with Gasteiger partial charge < -0.3 is 10.6 Å². The molecular formula is C18H33ClN4O. The fourth-order valence-corrected chi connectivity index (χ4v) is 3.44. The van der Waals surface area contributed by atoms with Gasteiger partial charge in [0.2, 0.25) is 5.91 Å². The molecule has 1 aromatic heterocycles. The quantitative estimate of drug-likeness (QED) is 0.882. The lowest BCUT2D eigenvalue weighted by Gasteiger charge is -2.34. The lowest BCUT2D eigenvalue weighted by molar-refractivity contribution is -0.132. The maximum Gasteiger partial charge on any atom is 0.227 e. The summed E-state index contributed by atoms with van der Waals surface area (Å²) in [6, 6.07) is 0.155. The molecule has 2 heterocycles. The monoisotopic (exact) mass is 356 g/mol. The molecule has 2 rings (SSSR count). The van der Waals surface area contributed by atoms with E-state index in [1.807, 2.05) is 23.4 Å². The predicted octanol–water partition coefficient (Wildman–Crippen LogP) is 2.71. The van der Waals surface area contributed by atoms with E-state index in [-0.39, 0.29) is 24.4 Å². The maximum absolute atomic E-state index is 12.7. The van der Waals surface area contributed by atoms with E-state index in [0.717, 1.165) is 49.4 Å². The second-order valence-electron chi connectivity index (χ2n) is 7.50. The van der Waals surface area contributed by atoms with Crippen LogP contribution in [0.4, 0.5) is 0 Å². The van der Waals surface area contributed by atoms with Crippen LogP contribution in [0.2, 0.25) is 0 Å². The number of aromatic nitrogens is 2. The predicted molar refractivity (Wildman–Crippen MR) is 100 cm³/mol. The normalized spacial score (nSPS) is 19.3. The molecule has 1 amide bonds. The van der Waals surface area contributed by atoms with Crippen molar-refractivity contribution in [3.8, 4) is 0 Å². The van der Waals surface area contributed by atoms with Crippen molar-refractivity contribution < 1.29 is 4.79 Å². The molecule has 6 heteroatoms. The van der Waals surface area contributed by atoms with Crippen LogP contribution in [0, 0.1) is 25.7 Å². The van der Waals surface area contributed by atoms with Crippen molar-refractivity contribution in [1.82, 2.24) is 14.7 Å². The fourth-order valence-electron chi connectivity index (χ4n) is 3.44. The van der Waals surface area contributed by atoms with Crippen LogP contribution in [0.1, 0.15) is 50.6 Å². The Morgan fingerprint density at radius 2 is 2.00 bits per heavy atom. The van der Waals surface area contributed by atoms with Crippen LogP contribution in [0.5, 0.6) is 0 Å². The average molecular weight is 357 g/mol. The highest BCUT2D eigenvalue weighted by atomic mass is 35.5. The molecule has 0 radical (unpaired) electrons. The molecule has 0 bridgehead atoms. The van der Waals surface area contributed by atoms with Crippen LogP contribution in [-0.4, -0.2) is 39.7 Å². The van der Waals surface area contributed by atoms with Gasteiger partial charge >= 0.3 is 0 Å². The molecule has 2 atom stereocenters. The fraction of sp³-hybridized carbons (Fsp3) is 0.778. The lowest BCUT2D eigenvalue weighted by atomic mass is 9.92. The van der Waals surface area contributed by atoms with Crippen molar-refractivity contribution in [3.05, 3.63) is 17.0 Å². The third-order valence-corrected chi connectivity index (χ3v) is 4.95. The summed E-state index contributed by atoms with van der Waals surface area (Å²) in [5.74, 6) is 1.19. The summed E-state index contributed by atoms with van der Waals surface area (Å²) in [5, 5.41) is 4.62. The summed E-state index contributed by atoms with van der Waals surface area (Å²) in [7, 11) is 0. The van der Waals surface area contributed by atoms with Gasteiger partial charge in [0.05, 0.1) is 12.1 Å². The van der Waals surface area contributed by atoms with Gasteiger partial charge in [0.15, 0.2) is 0 Å². The molecule has 0 saturated carbocycles. The lowest BCUT2D eigenvalue weighted by Crippen LogP contribution is -2.45. The number of nitrogens with zero attached hydrogens (tertiary/aromatic N) is 3. The first-order valence-corrected chi connectivity index (χ1v) is 8.85. The number of nitrogens with two attached hydrogens (primary N) is 1. The Hall–Kier alpha value is -1.07. The molecule has 5 nitrogen and oxygen atoms in total. The topological polar surface area (TPSA) is 64.2 Å². The molecular weight excluding hydrogens is 324 g/mol. The summed E-state index contributed by atoms with van der Waals surface area (Å²) in [6.07, 6.45) is 2.65. The van der Waals surface area contributed by atoms with Gasteiger partial charge in [-0.25, -0.2) is 0 Å². The number of carbonyl (C=O) groups is 1. The number of hydrogen-bond donors (Lipinski definition) is 1. The Bertz CT molecular complexity index is 553. The molecule has 1 saturated heterocycles. The molecule has 2 N–H and O–H groups in total. The Balaban J connectivity index is 0.00000288. The molecule has 1 aliphatic heterocycles. The Morgan fingerprint density at radius 1 is 1.33 bits per heavy atom. The van der Waals surface area contributed by atoms with E-state index in [1.54, 1.807) is 0 Å². The van der Waals surface area contributed by atoms with Gasteiger partial charge in [0.1, 0.15) is 0 Å². The zero-order valence-electron chi connectivity index (χ0n) is 15.7. The summed E-state index contributed by atoms with van der Waals surface area (Å²) in [5.41, 5.74) is 9.24. The zero-order valence-corrected chi connectivity index (χ0v) is 16.5. The van der Waals surface area contributed by atoms with E-state index in [4.69, 9.17) is 5.73 Å². The molecule has 138 valence electrons. The maximum atomic E-state index is 12.7. The largest absolute Gasteiger partial charge is 0.342 e. The Kier molecular flexibility index (Phi) is 7.74. The van der Waals surface area contributed by atoms with Gasteiger partial charge in [-0.1, -0.05) is 13.8 Å². The molecule has 0 aliphatic carbocycles. The van der Waals surface area contributed by atoms with Crippen molar-refractivity contribution >= 4 is 18.3 Å². The minimum Gasteiger partial charge on any atom is -0.342 e. The van der Waals surface area contributed by atoms with Gasteiger partial charge in [0, 0.05) is 36.9 Å². The first kappa shape index (κ1) is 21.0. The highest BCUT2D eigenvalue weighted by Gasteiger charge is 2.27. The van der Waals surface area contributed by atoms with Crippen LogP contribution >= 0.6 is 12.4 Å². The smallest absolute Gasteiger partial charge is 0.227 e. The summed E-state index contributed by atoms with van der Waals surface area (Å²) in [4.78, 5) is 14.7. The summed E-state index contributed by atoms with van der Waals surface area (Å²) in [6.45, 7) is 13.1. The number of piperidine rings is 1. The van der Waals surface area contributed by atoms with E-state index in [2.05, 4.69) is 25.9 Å². The van der Waals surface area contributed by atoms with E-state index in [9.17, 15) is 4.79 Å². The van der Waals surface area contributed by atoms with E-state index < -0.39 is 0 Å².